The average Bonchev–Trinajstić information content (AvgIpc) is 2.93. The summed E-state index contributed by atoms with van der Waals surface area (Å²) < 4.78 is 19.6. The molecule has 0 aliphatic heterocycles. The fourth-order valence-electron chi connectivity index (χ4n) is 4.97. The lowest BCUT2D eigenvalue weighted by Gasteiger charge is -2.33. The van der Waals surface area contributed by atoms with E-state index in [1.165, 1.54) is 18.6 Å². The minimum Gasteiger partial charge on any atom is -0.483 e. The van der Waals surface area contributed by atoms with Gasteiger partial charge >= 0.3 is 0 Å². The van der Waals surface area contributed by atoms with Gasteiger partial charge in [0.25, 0.3) is 5.91 Å². The summed E-state index contributed by atoms with van der Waals surface area (Å²) in [6.07, 6.45) is 5.64. The molecule has 1 atom stereocenters. The number of benzene rings is 3. The highest BCUT2D eigenvalue weighted by molar-refractivity contribution is 5.88. The van der Waals surface area contributed by atoms with Gasteiger partial charge in [0.1, 0.15) is 17.6 Å². The maximum Gasteiger partial charge on any atom is 0.261 e. The molecule has 0 radical (unpaired) electrons. The molecule has 6 heteroatoms. The monoisotopic (exact) mass is 516 g/mol. The second kappa shape index (κ2) is 13.2. The largest absolute Gasteiger partial charge is 0.483 e. The molecule has 0 saturated heterocycles. The summed E-state index contributed by atoms with van der Waals surface area (Å²) in [5, 5.41) is 3.23. The maximum atomic E-state index is 13.8. The first kappa shape index (κ1) is 27.4. The molecule has 2 amide bonds. The van der Waals surface area contributed by atoms with Crippen LogP contribution in [0.5, 0.6) is 5.75 Å². The number of halogens is 1. The van der Waals surface area contributed by atoms with Crippen molar-refractivity contribution in [2.45, 2.75) is 71.0 Å². The van der Waals surface area contributed by atoms with E-state index in [9.17, 15) is 14.0 Å². The predicted octanol–water partition coefficient (Wildman–Crippen LogP) is 5.91. The zero-order chi connectivity index (χ0) is 26.9. The molecule has 1 N–H and O–H groups in total. The topological polar surface area (TPSA) is 58.6 Å². The number of carbonyl (C=O) groups is 2. The first-order valence-corrected chi connectivity index (χ1v) is 13.5. The number of rotatable bonds is 10. The van der Waals surface area contributed by atoms with Gasteiger partial charge in [-0.05, 0) is 67.1 Å². The fraction of sp³-hybridized carbons (Fsp3) is 0.375. The quantitative estimate of drug-likeness (QED) is 0.364. The Morgan fingerprint density at radius 1 is 0.947 bits per heavy atom. The van der Waals surface area contributed by atoms with E-state index in [1.807, 2.05) is 62.4 Å². The standard InChI is InChI=1S/C32H37FN2O3/c1-23-13-14-24(2)30(19-23)38-22-31(36)35(21-26-15-17-27(33)18-16-26)29(20-25-9-5-3-6-10-25)32(37)34-28-11-7-4-8-12-28/h3,5-6,9-10,13-19,28-29H,4,7-8,11-12,20-22H2,1-2H3,(H,34,37)/t29-/m0/s1. The second-order valence-electron chi connectivity index (χ2n) is 10.3. The van der Waals surface area contributed by atoms with Crippen molar-refractivity contribution in [3.05, 3.63) is 101 Å². The van der Waals surface area contributed by atoms with Crippen LogP contribution in [0.2, 0.25) is 0 Å². The maximum absolute atomic E-state index is 13.8. The zero-order valence-corrected chi connectivity index (χ0v) is 22.3. The number of aryl methyl sites for hydroxylation is 2. The van der Waals surface area contributed by atoms with Crippen LogP contribution < -0.4 is 10.1 Å². The molecule has 0 unspecified atom stereocenters. The van der Waals surface area contributed by atoms with Crippen LogP contribution in [0.25, 0.3) is 0 Å². The van der Waals surface area contributed by atoms with Crippen LogP contribution >= 0.6 is 0 Å². The molecule has 0 aromatic heterocycles. The Labute approximate surface area is 225 Å². The molecule has 0 spiro atoms. The Kier molecular flexibility index (Phi) is 9.52. The summed E-state index contributed by atoms with van der Waals surface area (Å²) in [7, 11) is 0. The Balaban J connectivity index is 1.62. The fourth-order valence-corrected chi connectivity index (χ4v) is 4.97. The molecule has 4 rings (SSSR count). The lowest BCUT2D eigenvalue weighted by Crippen LogP contribution is -2.53. The molecule has 200 valence electrons. The van der Waals surface area contributed by atoms with Crippen molar-refractivity contribution in [3.8, 4) is 5.75 Å². The molecule has 3 aromatic rings. The molecule has 0 heterocycles. The minimum atomic E-state index is -0.737. The second-order valence-corrected chi connectivity index (χ2v) is 10.3. The van der Waals surface area contributed by atoms with Crippen molar-refractivity contribution in [3.63, 3.8) is 0 Å². The lowest BCUT2D eigenvalue weighted by atomic mass is 9.94. The highest BCUT2D eigenvalue weighted by atomic mass is 19.1. The average molecular weight is 517 g/mol. The number of ether oxygens (including phenoxy) is 1. The minimum absolute atomic E-state index is 0.114. The molecule has 3 aromatic carbocycles. The van der Waals surface area contributed by atoms with Gasteiger partial charge in [0, 0.05) is 19.0 Å². The van der Waals surface area contributed by atoms with E-state index in [1.54, 1.807) is 17.0 Å². The number of hydrogen-bond acceptors (Lipinski definition) is 3. The highest BCUT2D eigenvalue weighted by Crippen LogP contribution is 2.22. The van der Waals surface area contributed by atoms with E-state index >= 15 is 0 Å². The molecular weight excluding hydrogens is 479 g/mol. The van der Waals surface area contributed by atoms with Crippen molar-refractivity contribution in [2.24, 2.45) is 0 Å². The first-order valence-electron chi connectivity index (χ1n) is 13.5. The molecule has 1 aliphatic rings. The summed E-state index contributed by atoms with van der Waals surface area (Å²) >= 11 is 0. The van der Waals surface area contributed by atoms with Gasteiger partial charge < -0.3 is 15.0 Å². The number of hydrogen-bond donors (Lipinski definition) is 1. The van der Waals surface area contributed by atoms with E-state index in [-0.39, 0.29) is 36.8 Å². The summed E-state index contributed by atoms with van der Waals surface area (Å²) in [6.45, 7) is 3.88. The first-order chi connectivity index (χ1) is 18.4. The Morgan fingerprint density at radius 3 is 2.37 bits per heavy atom. The van der Waals surface area contributed by atoms with Gasteiger partial charge in [-0.15, -0.1) is 0 Å². The van der Waals surface area contributed by atoms with Crippen LogP contribution in [0.3, 0.4) is 0 Å². The van der Waals surface area contributed by atoms with Gasteiger partial charge in [-0.3, -0.25) is 9.59 Å². The van der Waals surface area contributed by atoms with E-state index in [2.05, 4.69) is 5.32 Å². The van der Waals surface area contributed by atoms with Crippen LogP contribution in [0, 0.1) is 19.7 Å². The molecule has 1 saturated carbocycles. The third-order valence-electron chi connectivity index (χ3n) is 7.18. The van der Waals surface area contributed by atoms with Gasteiger partial charge in [0.15, 0.2) is 6.61 Å². The normalized spacial score (nSPS) is 14.5. The lowest BCUT2D eigenvalue weighted by molar-refractivity contribution is -0.143. The van der Waals surface area contributed by atoms with Gasteiger partial charge in [0.2, 0.25) is 5.91 Å². The van der Waals surface area contributed by atoms with Crippen molar-refractivity contribution in [2.75, 3.05) is 6.61 Å². The van der Waals surface area contributed by atoms with Crippen LogP contribution in [0.4, 0.5) is 4.39 Å². The molecule has 1 fully saturated rings. The molecule has 0 bridgehead atoms. The van der Waals surface area contributed by atoms with Crippen LogP contribution in [-0.4, -0.2) is 35.4 Å². The van der Waals surface area contributed by atoms with Crippen molar-refractivity contribution in [1.82, 2.24) is 10.2 Å². The molecular formula is C32H37FN2O3. The molecule has 1 aliphatic carbocycles. The van der Waals surface area contributed by atoms with Gasteiger partial charge in [0.05, 0.1) is 0 Å². The summed E-state index contributed by atoms with van der Waals surface area (Å²) in [5.74, 6) is -0.162. The van der Waals surface area contributed by atoms with Gasteiger partial charge in [-0.25, -0.2) is 4.39 Å². The number of nitrogens with zero attached hydrogens (tertiary/aromatic N) is 1. The Morgan fingerprint density at radius 2 is 1.66 bits per heavy atom. The van der Waals surface area contributed by atoms with Crippen LogP contribution in [0.15, 0.2) is 72.8 Å². The number of nitrogens with one attached hydrogen (secondary N) is 1. The van der Waals surface area contributed by atoms with Crippen LogP contribution in [-0.2, 0) is 22.6 Å². The smallest absolute Gasteiger partial charge is 0.261 e. The van der Waals surface area contributed by atoms with Crippen molar-refractivity contribution in [1.29, 1.82) is 0 Å². The molecule has 38 heavy (non-hydrogen) atoms. The van der Waals surface area contributed by atoms with E-state index in [0.29, 0.717) is 12.2 Å². The Bertz CT molecular complexity index is 1210. The van der Waals surface area contributed by atoms with Gasteiger partial charge in [-0.1, -0.05) is 73.9 Å². The Hall–Kier alpha value is -3.67. The summed E-state index contributed by atoms with van der Waals surface area (Å²) in [6, 6.07) is 21.0. The van der Waals surface area contributed by atoms with E-state index < -0.39 is 6.04 Å². The zero-order valence-electron chi connectivity index (χ0n) is 22.3. The highest BCUT2D eigenvalue weighted by Gasteiger charge is 2.32. The predicted molar refractivity (Wildman–Crippen MR) is 147 cm³/mol. The van der Waals surface area contributed by atoms with Crippen LogP contribution in [0.1, 0.15) is 54.4 Å². The molecule has 5 nitrogen and oxygen atoms in total. The van der Waals surface area contributed by atoms with E-state index in [0.717, 1.165) is 47.9 Å². The summed E-state index contributed by atoms with van der Waals surface area (Å²) in [4.78, 5) is 29.1. The number of amides is 2. The van der Waals surface area contributed by atoms with Crippen molar-refractivity contribution < 1.29 is 18.7 Å². The third-order valence-corrected chi connectivity index (χ3v) is 7.18. The summed E-state index contributed by atoms with van der Waals surface area (Å²) in [5.41, 5.74) is 3.68. The van der Waals surface area contributed by atoms with Gasteiger partial charge in [-0.2, -0.15) is 0 Å². The number of carbonyl (C=O) groups excluding carboxylic acids is 2. The third kappa shape index (κ3) is 7.67. The SMILES string of the molecule is Cc1ccc(C)c(OCC(=O)N(Cc2ccc(F)cc2)[C@@H](Cc2ccccc2)C(=O)NC2CCCCC2)c1. The van der Waals surface area contributed by atoms with E-state index in [4.69, 9.17) is 4.74 Å². The van der Waals surface area contributed by atoms with Crippen molar-refractivity contribution >= 4 is 11.8 Å².